The predicted octanol–water partition coefficient (Wildman–Crippen LogP) is 1.89. The van der Waals surface area contributed by atoms with Crippen molar-refractivity contribution in [2.45, 2.75) is 6.42 Å². The molecule has 0 aliphatic heterocycles. The van der Waals surface area contributed by atoms with E-state index >= 15 is 0 Å². The Morgan fingerprint density at radius 3 is 2.50 bits per heavy atom. The van der Waals surface area contributed by atoms with Gasteiger partial charge in [0.15, 0.2) is 0 Å². The van der Waals surface area contributed by atoms with Crippen molar-refractivity contribution >= 4 is 34.2 Å². The van der Waals surface area contributed by atoms with Crippen molar-refractivity contribution in [3.05, 3.63) is 18.6 Å². The van der Waals surface area contributed by atoms with Gasteiger partial charge in [-0.05, 0) is 6.42 Å². The minimum Gasteiger partial charge on any atom is -0.0886 e. The molecule has 0 fully saturated rings. The number of hydrogen-bond donors (Lipinski definition) is 0. The second-order valence-corrected chi connectivity index (χ2v) is 2.62. The van der Waals surface area contributed by atoms with Crippen LogP contribution >= 0.6 is 24.4 Å². The number of hydrogen-bond acceptors (Lipinski definition) is 2. The Bertz CT molecular complexity index is 156. The first kappa shape index (κ1) is 6.05. The molecule has 0 aromatic rings. The lowest BCUT2D eigenvalue weighted by atomic mass is 10.1. The molecule has 0 heterocycles. The Balaban J connectivity index is 2.68. The van der Waals surface area contributed by atoms with Gasteiger partial charge in [-0.3, -0.25) is 0 Å². The van der Waals surface area contributed by atoms with Gasteiger partial charge in [0.1, 0.15) is 0 Å². The summed E-state index contributed by atoms with van der Waals surface area (Å²) in [5.41, 5.74) is 0. The molecule has 0 aromatic heterocycles. The number of rotatable bonds is 0. The molecule has 0 N–H and O–H groups in total. The highest BCUT2D eigenvalue weighted by atomic mass is 32.1. The summed E-state index contributed by atoms with van der Waals surface area (Å²) in [6.45, 7) is 0. The van der Waals surface area contributed by atoms with Crippen LogP contribution in [0.3, 0.4) is 0 Å². The Labute approximate surface area is 59.6 Å². The lowest BCUT2D eigenvalue weighted by molar-refractivity contribution is 1.51. The summed E-state index contributed by atoms with van der Waals surface area (Å²) in [5, 5.41) is 0. The van der Waals surface area contributed by atoms with E-state index in [2.05, 4.69) is 0 Å². The molecule has 0 unspecified atom stereocenters. The van der Waals surface area contributed by atoms with E-state index in [1.807, 2.05) is 18.6 Å². The summed E-state index contributed by atoms with van der Waals surface area (Å²) in [6.07, 6.45) is 6.63. The van der Waals surface area contributed by atoms with Gasteiger partial charge >= 0.3 is 0 Å². The molecule has 0 atom stereocenters. The van der Waals surface area contributed by atoms with Gasteiger partial charge in [0.05, 0.1) is 0 Å². The lowest BCUT2D eigenvalue weighted by Crippen LogP contribution is -2.05. The largest absolute Gasteiger partial charge is 0.0886 e. The molecule has 8 heavy (non-hydrogen) atoms. The third-order valence-electron chi connectivity index (χ3n) is 0.904. The smallest absolute Gasteiger partial charge is 0.0381 e. The number of thiocarbonyl (C=S) groups is 2. The molecule has 1 aliphatic rings. The van der Waals surface area contributed by atoms with Crippen LogP contribution in [-0.4, -0.2) is 9.73 Å². The highest BCUT2D eigenvalue weighted by Gasteiger charge is 2.02. The second-order valence-electron chi connectivity index (χ2n) is 1.62. The zero-order valence-electron chi connectivity index (χ0n) is 4.26. The van der Waals surface area contributed by atoms with E-state index in [9.17, 15) is 0 Å². The van der Waals surface area contributed by atoms with Crippen LogP contribution in [0.4, 0.5) is 0 Å². The molecule has 2 heteroatoms. The van der Waals surface area contributed by atoms with Crippen molar-refractivity contribution in [3.8, 4) is 0 Å². The lowest BCUT2D eigenvalue weighted by Gasteiger charge is -2.02. The maximum Gasteiger partial charge on any atom is 0.0381 e. The van der Waals surface area contributed by atoms with E-state index < -0.39 is 0 Å². The zero-order chi connectivity index (χ0) is 5.98. The normalized spacial score (nSPS) is 19.5. The van der Waals surface area contributed by atoms with Crippen molar-refractivity contribution in [2.24, 2.45) is 0 Å². The molecular weight excluding hydrogens is 136 g/mol. The average Bonchev–Trinajstić information content (AvgIpc) is 1.64. The molecule has 0 bridgehead atoms. The second kappa shape index (κ2) is 2.46. The first-order valence-electron chi connectivity index (χ1n) is 2.37. The van der Waals surface area contributed by atoms with Gasteiger partial charge in [-0.25, -0.2) is 0 Å². The summed E-state index contributed by atoms with van der Waals surface area (Å²) in [7, 11) is 0. The summed E-state index contributed by atoms with van der Waals surface area (Å²) < 4.78 is 0. The molecule has 1 aliphatic carbocycles. The minimum absolute atomic E-state index is 0.848. The average molecular weight is 141 g/mol. The van der Waals surface area contributed by atoms with Gasteiger partial charge in [-0.15, -0.1) is 0 Å². The third-order valence-corrected chi connectivity index (χ3v) is 1.44. The Morgan fingerprint density at radius 1 is 1.38 bits per heavy atom. The highest BCUT2D eigenvalue weighted by molar-refractivity contribution is 7.83. The van der Waals surface area contributed by atoms with Crippen molar-refractivity contribution < 1.29 is 0 Å². The molecule has 41 valence electrons. The third kappa shape index (κ3) is 1.46. The van der Waals surface area contributed by atoms with Crippen molar-refractivity contribution in [1.29, 1.82) is 0 Å². The van der Waals surface area contributed by atoms with Gasteiger partial charge in [0, 0.05) is 16.1 Å². The van der Waals surface area contributed by atoms with Gasteiger partial charge in [-0.1, -0.05) is 36.6 Å². The van der Waals surface area contributed by atoms with Gasteiger partial charge in [-0.2, -0.15) is 0 Å². The van der Waals surface area contributed by atoms with Crippen LogP contribution in [-0.2, 0) is 0 Å². The fraction of sp³-hybridized carbons (Fsp3) is 0.167. The van der Waals surface area contributed by atoms with Crippen LogP contribution in [0.25, 0.3) is 0 Å². The topological polar surface area (TPSA) is 0 Å². The Kier molecular flexibility index (Phi) is 1.86. The SMILES string of the molecule is S=C1[CH]C(=S)CC=C1. The minimum atomic E-state index is 0.848. The highest BCUT2D eigenvalue weighted by Crippen LogP contribution is 2.03. The van der Waals surface area contributed by atoms with Crippen molar-refractivity contribution in [3.63, 3.8) is 0 Å². The Morgan fingerprint density at radius 2 is 2.12 bits per heavy atom. The van der Waals surface area contributed by atoms with Crippen LogP contribution in [0, 0.1) is 6.42 Å². The first-order valence-corrected chi connectivity index (χ1v) is 3.19. The molecule has 0 amide bonds. The maximum atomic E-state index is 4.89. The van der Waals surface area contributed by atoms with Gasteiger partial charge < -0.3 is 0 Å². The van der Waals surface area contributed by atoms with E-state index in [-0.39, 0.29) is 0 Å². The summed E-state index contributed by atoms with van der Waals surface area (Å²) in [5.74, 6) is 0. The van der Waals surface area contributed by atoms with Crippen LogP contribution in [0.5, 0.6) is 0 Å². The van der Waals surface area contributed by atoms with E-state index in [4.69, 9.17) is 24.4 Å². The maximum absolute atomic E-state index is 4.89. The molecule has 0 saturated carbocycles. The monoisotopic (exact) mass is 141 g/mol. The fourth-order valence-corrected chi connectivity index (χ4v) is 1.09. The van der Waals surface area contributed by atoms with Crippen LogP contribution in [0.2, 0.25) is 0 Å². The summed E-state index contributed by atoms with van der Waals surface area (Å²) in [4.78, 5) is 1.79. The predicted molar refractivity (Wildman–Crippen MR) is 43.3 cm³/mol. The van der Waals surface area contributed by atoms with E-state index in [1.54, 1.807) is 0 Å². The van der Waals surface area contributed by atoms with Crippen molar-refractivity contribution in [2.75, 3.05) is 0 Å². The molecule has 0 saturated heterocycles. The van der Waals surface area contributed by atoms with E-state index in [0.717, 1.165) is 16.1 Å². The summed E-state index contributed by atoms with van der Waals surface area (Å²) in [6, 6.07) is 0. The number of allylic oxidation sites excluding steroid dienone is 2. The molecular formula is C6H5S2. The van der Waals surface area contributed by atoms with E-state index in [1.165, 1.54) is 0 Å². The molecule has 1 radical (unpaired) electrons. The van der Waals surface area contributed by atoms with E-state index in [0.29, 0.717) is 0 Å². The molecule has 0 aromatic carbocycles. The van der Waals surface area contributed by atoms with Crippen LogP contribution in [0.1, 0.15) is 6.42 Å². The fourth-order valence-electron chi connectivity index (χ4n) is 0.557. The standard InChI is InChI=1S/C6H5S2/c7-5-2-1-3-6(8)4-5/h1-2,4H,3H2. The molecule has 1 rings (SSSR count). The van der Waals surface area contributed by atoms with Crippen LogP contribution in [0.15, 0.2) is 12.2 Å². The summed E-state index contributed by atoms with van der Waals surface area (Å²) >= 11 is 9.74. The van der Waals surface area contributed by atoms with Gasteiger partial charge in [0.2, 0.25) is 0 Å². The first-order chi connectivity index (χ1) is 3.79. The Hall–Kier alpha value is -0.0800. The molecule has 0 nitrogen and oxygen atoms in total. The van der Waals surface area contributed by atoms with Crippen molar-refractivity contribution in [1.82, 2.24) is 0 Å². The quantitative estimate of drug-likeness (QED) is 0.472. The van der Waals surface area contributed by atoms with Gasteiger partial charge in [0.25, 0.3) is 0 Å². The zero-order valence-corrected chi connectivity index (χ0v) is 5.89. The molecule has 0 spiro atoms. The van der Waals surface area contributed by atoms with Crippen LogP contribution < -0.4 is 0 Å².